The van der Waals surface area contributed by atoms with Crippen molar-refractivity contribution in [3.63, 3.8) is 0 Å². The van der Waals surface area contributed by atoms with E-state index in [0.717, 1.165) is 37.6 Å². The first-order valence-electron chi connectivity index (χ1n) is 8.11. The van der Waals surface area contributed by atoms with Crippen LogP contribution < -0.4 is 15.4 Å². The summed E-state index contributed by atoms with van der Waals surface area (Å²) in [6.45, 7) is 6.00. The molecule has 0 spiro atoms. The molecular weight excluding hydrogens is 330 g/mol. The monoisotopic (exact) mass is 357 g/mol. The van der Waals surface area contributed by atoms with E-state index in [1.54, 1.807) is 7.11 Å². The van der Waals surface area contributed by atoms with Gasteiger partial charge >= 0.3 is 0 Å². The highest BCUT2D eigenvalue weighted by molar-refractivity contribution is 5.85. The highest BCUT2D eigenvalue weighted by Crippen LogP contribution is 2.28. The Bertz CT molecular complexity index is 506. The molecule has 1 fully saturated rings. The highest BCUT2D eigenvalue weighted by atomic mass is 35.5. The lowest BCUT2D eigenvalue weighted by molar-refractivity contribution is -0.131. The van der Waals surface area contributed by atoms with Crippen molar-refractivity contribution in [2.75, 3.05) is 51.4 Å². The number of nitrogens with two attached hydrogens (primary N) is 1. The molecule has 7 heteroatoms. The number of carbonyl (C=O) groups is 1. The smallest absolute Gasteiger partial charge is 0.224 e. The number of amides is 1. The number of piperazine rings is 1. The van der Waals surface area contributed by atoms with E-state index in [2.05, 4.69) is 11.0 Å². The number of hydrogen-bond acceptors (Lipinski definition) is 5. The summed E-state index contributed by atoms with van der Waals surface area (Å²) in [6.07, 6.45) is 0.413. The predicted octanol–water partition coefficient (Wildman–Crippen LogP) is 1.52. The van der Waals surface area contributed by atoms with E-state index in [1.807, 2.05) is 30.0 Å². The highest BCUT2D eigenvalue weighted by Gasteiger charge is 2.23. The van der Waals surface area contributed by atoms with Crippen LogP contribution in [-0.2, 0) is 9.53 Å². The molecule has 0 aromatic heterocycles. The standard InChI is InChI=1S/C17H27N3O3.ClH/c1-14(18)13-17(21)20-9-7-19(8-10-20)15-5-3-4-6-16(15)23-12-11-22-2;/h3-6,14H,7-13,18H2,1-2H3;1H. The van der Waals surface area contributed by atoms with Gasteiger partial charge in [-0.15, -0.1) is 12.4 Å². The predicted molar refractivity (Wildman–Crippen MR) is 98.1 cm³/mol. The number of hydrogen-bond donors (Lipinski definition) is 1. The summed E-state index contributed by atoms with van der Waals surface area (Å²) in [7, 11) is 1.66. The maximum Gasteiger partial charge on any atom is 0.224 e. The van der Waals surface area contributed by atoms with Crippen LogP contribution in [0, 0.1) is 0 Å². The van der Waals surface area contributed by atoms with Gasteiger partial charge in [0.05, 0.1) is 12.3 Å². The Hall–Kier alpha value is -1.50. The number of methoxy groups -OCH3 is 1. The molecule has 1 atom stereocenters. The fourth-order valence-electron chi connectivity index (χ4n) is 2.68. The molecule has 1 saturated heterocycles. The van der Waals surface area contributed by atoms with Crippen LogP contribution in [-0.4, -0.2) is 63.4 Å². The topological polar surface area (TPSA) is 68.0 Å². The number of carbonyl (C=O) groups excluding carboxylic acids is 1. The zero-order valence-electron chi connectivity index (χ0n) is 14.4. The van der Waals surface area contributed by atoms with Gasteiger partial charge in [0.25, 0.3) is 0 Å². The Balaban J connectivity index is 0.00000288. The lowest BCUT2D eigenvalue weighted by Crippen LogP contribution is -2.49. The van der Waals surface area contributed by atoms with Gasteiger partial charge in [-0.25, -0.2) is 0 Å². The van der Waals surface area contributed by atoms with E-state index < -0.39 is 0 Å². The molecule has 1 aliphatic heterocycles. The quantitative estimate of drug-likeness (QED) is 0.749. The van der Waals surface area contributed by atoms with E-state index in [0.29, 0.717) is 19.6 Å². The summed E-state index contributed by atoms with van der Waals surface area (Å²) < 4.78 is 10.8. The third kappa shape index (κ3) is 5.85. The molecule has 0 aliphatic carbocycles. The molecule has 0 radical (unpaired) electrons. The van der Waals surface area contributed by atoms with Gasteiger partial charge in [0.15, 0.2) is 0 Å². The van der Waals surface area contributed by atoms with Gasteiger partial charge in [-0.2, -0.15) is 0 Å². The van der Waals surface area contributed by atoms with Gasteiger partial charge < -0.3 is 25.0 Å². The van der Waals surface area contributed by atoms with Crippen LogP contribution in [0.15, 0.2) is 24.3 Å². The average Bonchev–Trinajstić information content (AvgIpc) is 2.55. The molecule has 2 N–H and O–H groups in total. The fourth-order valence-corrected chi connectivity index (χ4v) is 2.68. The van der Waals surface area contributed by atoms with Gasteiger partial charge in [-0.3, -0.25) is 4.79 Å². The SMILES string of the molecule is COCCOc1ccccc1N1CCN(C(=O)CC(C)N)CC1.Cl. The zero-order valence-corrected chi connectivity index (χ0v) is 15.3. The van der Waals surface area contributed by atoms with Crippen LogP contribution in [0.25, 0.3) is 0 Å². The van der Waals surface area contributed by atoms with Crippen molar-refractivity contribution in [3.05, 3.63) is 24.3 Å². The van der Waals surface area contributed by atoms with E-state index >= 15 is 0 Å². The summed E-state index contributed by atoms with van der Waals surface area (Å²) >= 11 is 0. The number of ether oxygens (including phenoxy) is 2. The molecular formula is C17H28ClN3O3. The minimum Gasteiger partial charge on any atom is -0.489 e. The summed E-state index contributed by atoms with van der Waals surface area (Å²) in [5.74, 6) is 1.00. The Morgan fingerprint density at radius 2 is 1.88 bits per heavy atom. The van der Waals surface area contributed by atoms with Gasteiger partial charge in [0.2, 0.25) is 5.91 Å². The van der Waals surface area contributed by atoms with Crippen LogP contribution in [0.3, 0.4) is 0 Å². The third-order valence-corrected chi connectivity index (χ3v) is 3.88. The van der Waals surface area contributed by atoms with Crippen molar-refractivity contribution in [2.45, 2.75) is 19.4 Å². The summed E-state index contributed by atoms with van der Waals surface area (Å²) in [6, 6.07) is 7.91. The van der Waals surface area contributed by atoms with Crippen LogP contribution in [0.2, 0.25) is 0 Å². The summed E-state index contributed by atoms with van der Waals surface area (Å²) in [4.78, 5) is 16.2. The molecule has 136 valence electrons. The minimum atomic E-state index is -0.0876. The van der Waals surface area contributed by atoms with Gasteiger partial charge in [-0.05, 0) is 19.1 Å². The lowest BCUT2D eigenvalue weighted by atomic mass is 10.2. The first-order chi connectivity index (χ1) is 11.1. The molecule has 1 heterocycles. The first kappa shape index (κ1) is 20.5. The van der Waals surface area contributed by atoms with Crippen LogP contribution in [0.5, 0.6) is 5.75 Å². The van der Waals surface area contributed by atoms with E-state index in [4.69, 9.17) is 15.2 Å². The van der Waals surface area contributed by atoms with Crippen LogP contribution in [0.1, 0.15) is 13.3 Å². The molecule has 0 saturated carbocycles. The molecule has 2 rings (SSSR count). The van der Waals surface area contributed by atoms with E-state index in [1.165, 1.54) is 0 Å². The van der Waals surface area contributed by atoms with Crippen molar-refractivity contribution in [1.29, 1.82) is 0 Å². The van der Waals surface area contributed by atoms with Crippen molar-refractivity contribution in [2.24, 2.45) is 5.73 Å². The second-order valence-corrected chi connectivity index (χ2v) is 5.86. The minimum absolute atomic E-state index is 0. The normalized spacial score (nSPS) is 15.6. The number of nitrogens with zero attached hydrogens (tertiary/aromatic N) is 2. The number of halogens is 1. The molecule has 1 aromatic rings. The van der Waals surface area contributed by atoms with E-state index in [9.17, 15) is 4.79 Å². The number of benzene rings is 1. The van der Waals surface area contributed by atoms with Crippen molar-refractivity contribution >= 4 is 24.0 Å². The molecule has 24 heavy (non-hydrogen) atoms. The van der Waals surface area contributed by atoms with Crippen LogP contribution >= 0.6 is 12.4 Å². The largest absolute Gasteiger partial charge is 0.489 e. The molecule has 1 amide bonds. The van der Waals surface area contributed by atoms with E-state index in [-0.39, 0.29) is 24.4 Å². The van der Waals surface area contributed by atoms with Gasteiger partial charge in [0.1, 0.15) is 12.4 Å². The van der Waals surface area contributed by atoms with Gasteiger partial charge in [-0.1, -0.05) is 12.1 Å². The number of rotatable bonds is 7. The maximum atomic E-state index is 12.1. The average molecular weight is 358 g/mol. The molecule has 1 aliphatic rings. The van der Waals surface area contributed by atoms with Gasteiger partial charge in [0, 0.05) is 45.8 Å². The Morgan fingerprint density at radius 3 is 2.50 bits per heavy atom. The number of para-hydroxylation sites is 2. The Labute approximate surface area is 150 Å². The van der Waals surface area contributed by atoms with Crippen molar-refractivity contribution in [1.82, 2.24) is 4.90 Å². The lowest BCUT2D eigenvalue weighted by Gasteiger charge is -2.37. The van der Waals surface area contributed by atoms with Crippen molar-refractivity contribution in [3.8, 4) is 5.75 Å². The molecule has 1 aromatic carbocycles. The molecule has 6 nitrogen and oxygen atoms in total. The zero-order chi connectivity index (χ0) is 16.7. The maximum absolute atomic E-state index is 12.1. The first-order valence-corrected chi connectivity index (χ1v) is 8.11. The Kier molecular flexibility index (Phi) is 8.89. The molecule has 1 unspecified atom stereocenters. The number of anilines is 1. The second kappa shape index (κ2) is 10.4. The second-order valence-electron chi connectivity index (χ2n) is 5.86. The fraction of sp³-hybridized carbons (Fsp3) is 0.588. The third-order valence-electron chi connectivity index (χ3n) is 3.88. The van der Waals surface area contributed by atoms with Crippen LogP contribution in [0.4, 0.5) is 5.69 Å². The Morgan fingerprint density at radius 1 is 1.21 bits per heavy atom. The summed E-state index contributed by atoms with van der Waals surface area (Å²) in [5.41, 5.74) is 6.78. The molecule has 0 bridgehead atoms. The van der Waals surface area contributed by atoms with Crippen molar-refractivity contribution < 1.29 is 14.3 Å². The summed E-state index contributed by atoms with van der Waals surface area (Å²) in [5, 5.41) is 0.